The Hall–Kier alpha value is -1.76. The molecule has 0 saturated heterocycles. The number of hydrogen-bond donors (Lipinski definition) is 1. The quantitative estimate of drug-likeness (QED) is 0.708. The van der Waals surface area contributed by atoms with Gasteiger partial charge in [-0.05, 0) is 66.8 Å². The first kappa shape index (κ1) is 21.5. The molecule has 5 nitrogen and oxygen atoms in total. The van der Waals surface area contributed by atoms with Gasteiger partial charge in [0.1, 0.15) is 16.4 Å². The molecule has 0 aliphatic heterocycles. The van der Waals surface area contributed by atoms with Gasteiger partial charge in [-0.3, -0.25) is 0 Å². The number of aryl methyl sites for hydroxylation is 1. The van der Waals surface area contributed by atoms with E-state index in [9.17, 15) is 8.42 Å². The summed E-state index contributed by atoms with van der Waals surface area (Å²) in [7, 11) is -0.768. The van der Waals surface area contributed by atoms with Gasteiger partial charge in [-0.15, -0.1) is 0 Å². The van der Waals surface area contributed by atoms with E-state index in [4.69, 9.17) is 21.1 Å². The normalized spacial score (nSPS) is 12.9. The highest BCUT2D eigenvalue weighted by Crippen LogP contribution is 2.33. The van der Waals surface area contributed by atoms with Crippen molar-refractivity contribution < 1.29 is 17.9 Å². The van der Waals surface area contributed by atoms with Crippen molar-refractivity contribution in [1.29, 1.82) is 0 Å². The fraction of sp³-hybridized carbons (Fsp3) is 0.400. The number of nitrogens with one attached hydrogen (secondary N) is 1. The van der Waals surface area contributed by atoms with Crippen LogP contribution in [0.15, 0.2) is 35.2 Å². The van der Waals surface area contributed by atoms with Crippen molar-refractivity contribution in [2.45, 2.75) is 44.6 Å². The van der Waals surface area contributed by atoms with Crippen molar-refractivity contribution in [2.75, 3.05) is 14.2 Å². The Morgan fingerprint density at radius 1 is 0.963 bits per heavy atom. The summed E-state index contributed by atoms with van der Waals surface area (Å²) in [6.07, 6.45) is 0. The largest absolute Gasteiger partial charge is 0.496 e. The topological polar surface area (TPSA) is 64.6 Å². The van der Waals surface area contributed by atoms with Gasteiger partial charge in [0.25, 0.3) is 0 Å². The van der Waals surface area contributed by atoms with Crippen LogP contribution in [0.25, 0.3) is 0 Å². The average Bonchev–Trinajstić information content (AvgIpc) is 2.60. The highest BCUT2D eigenvalue weighted by atomic mass is 35.5. The molecule has 0 fully saturated rings. The standard InChI is InChI=1S/C20H26ClNO4S/c1-12(2)16-11-17(13(3)9-19(16)26-6)14(4)22-27(23,24)20-10-15(21)7-8-18(20)25-5/h7-12,14,22H,1-6H3/t14-/m1/s1. The minimum atomic E-state index is -3.83. The number of ether oxygens (including phenoxy) is 2. The molecule has 7 heteroatoms. The Kier molecular flexibility index (Phi) is 6.78. The monoisotopic (exact) mass is 411 g/mol. The highest BCUT2D eigenvalue weighted by Gasteiger charge is 2.24. The Balaban J connectivity index is 2.43. The molecule has 2 aromatic rings. The SMILES string of the molecule is COc1cc(C)c([C@@H](C)NS(=O)(=O)c2cc(Cl)ccc2OC)cc1C(C)C. The molecule has 1 N–H and O–H groups in total. The zero-order valence-electron chi connectivity index (χ0n) is 16.5. The van der Waals surface area contributed by atoms with E-state index >= 15 is 0 Å². The van der Waals surface area contributed by atoms with E-state index in [0.717, 1.165) is 22.4 Å². The lowest BCUT2D eigenvalue weighted by atomic mass is 9.94. The zero-order chi connectivity index (χ0) is 20.4. The minimum absolute atomic E-state index is 0.0135. The summed E-state index contributed by atoms with van der Waals surface area (Å²) in [5.74, 6) is 1.29. The van der Waals surface area contributed by atoms with E-state index in [1.165, 1.54) is 19.2 Å². The molecule has 0 aromatic heterocycles. The second-order valence-corrected chi connectivity index (χ2v) is 8.86. The van der Waals surface area contributed by atoms with Crippen molar-refractivity contribution in [2.24, 2.45) is 0 Å². The number of benzene rings is 2. The second-order valence-electron chi connectivity index (χ2n) is 6.74. The highest BCUT2D eigenvalue weighted by molar-refractivity contribution is 7.89. The van der Waals surface area contributed by atoms with Crippen LogP contribution in [-0.2, 0) is 10.0 Å². The number of hydrogen-bond acceptors (Lipinski definition) is 4. The number of sulfonamides is 1. The third-order valence-electron chi connectivity index (χ3n) is 4.45. The van der Waals surface area contributed by atoms with Crippen LogP contribution >= 0.6 is 11.6 Å². The summed E-state index contributed by atoms with van der Waals surface area (Å²) >= 11 is 5.99. The molecule has 1 atom stereocenters. The van der Waals surface area contributed by atoms with Crippen LogP contribution in [0, 0.1) is 6.92 Å². The molecular weight excluding hydrogens is 386 g/mol. The Morgan fingerprint density at radius 2 is 1.59 bits per heavy atom. The van der Waals surface area contributed by atoms with Gasteiger partial charge >= 0.3 is 0 Å². The van der Waals surface area contributed by atoms with Gasteiger partial charge in [-0.25, -0.2) is 13.1 Å². The van der Waals surface area contributed by atoms with E-state index < -0.39 is 16.1 Å². The molecule has 0 aliphatic rings. The maximum absolute atomic E-state index is 12.9. The molecule has 0 unspecified atom stereocenters. The number of methoxy groups -OCH3 is 2. The van der Waals surface area contributed by atoms with Gasteiger partial charge in [-0.2, -0.15) is 0 Å². The van der Waals surface area contributed by atoms with Gasteiger partial charge in [-0.1, -0.05) is 25.4 Å². The van der Waals surface area contributed by atoms with Crippen LogP contribution in [0.1, 0.15) is 49.4 Å². The van der Waals surface area contributed by atoms with Crippen LogP contribution in [0.4, 0.5) is 0 Å². The first-order valence-corrected chi connectivity index (χ1v) is 10.5. The Bertz CT molecular complexity index is 926. The zero-order valence-corrected chi connectivity index (χ0v) is 18.0. The van der Waals surface area contributed by atoms with Crippen LogP contribution in [0.5, 0.6) is 11.5 Å². The number of halogens is 1. The van der Waals surface area contributed by atoms with Crippen molar-refractivity contribution in [1.82, 2.24) is 4.72 Å². The van der Waals surface area contributed by atoms with Crippen molar-refractivity contribution in [3.8, 4) is 11.5 Å². The van der Waals surface area contributed by atoms with E-state index in [2.05, 4.69) is 18.6 Å². The fourth-order valence-corrected chi connectivity index (χ4v) is 4.69. The molecule has 0 heterocycles. The maximum Gasteiger partial charge on any atom is 0.244 e. The molecule has 2 rings (SSSR count). The fourth-order valence-electron chi connectivity index (χ4n) is 3.03. The van der Waals surface area contributed by atoms with Gasteiger partial charge in [0.2, 0.25) is 10.0 Å². The van der Waals surface area contributed by atoms with Crippen molar-refractivity contribution >= 4 is 21.6 Å². The lowest BCUT2D eigenvalue weighted by molar-refractivity contribution is 0.402. The summed E-state index contributed by atoms with van der Waals surface area (Å²) in [6, 6.07) is 8.01. The summed E-state index contributed by atoms with van der Waals surface area (Å²) in [5.41, 5.74) is 2.87. The van der Waals surface area contributed by atoms with Gasteiger partial charge in [0.15, 0.2) is 0 Å². The molecular formula is C20H26ClNO4S. The first-order chi connectivity index (χ1) is 12.6. The Labute approximate surface area is 166 Å². The third-order valence-corrected chi connectivity index (χ3v) is 6.25. The molecule has 0 saturated carbocycles. The van der Waals surface area contributed by atoms with E-state index in [0.29, 0.717) is 5.02 Å². The van der Waals surface area contributed by atoms with Crippen LogP contribution < -0.4 is 14.2 Å². The summed E-state index contributed by atoms with van der Waals surface area (Å²) < 4.78 is 39.2. The molecule has 2 aromatic carbocycles. The van der Waals surface area contributed by atoms with Crippen LogP contribution in [-0.4, -0.2) is 22.6 Å². The van der Waals surface area contributed by atoms with Gasteiger partial charge < -0.3 is 9.47 Å². The third kappa shape index (κ3) is 4.75. The molecule has 0 aliphatic carbocycles. The minimum Gasteiger partial charge on any atom is -0.496 e. The van der Waals surface area contributed by atoms with Crippen molar-refractivity contribution in [3.05, 3.63) is 52.0 Å². The van der Waals surface area contributed by atoms with Gasteiger partial charge in [0, 0.05) is 11.1 Å². The first-order valence-electron chi connectivity index (χ1n) is 8.65. The lowest BCUT2D eigenvalue weighted by Gasteiger charge is -2.21. The van der Waals surface area contributed by atoms with E-state index in [-0.39, 0.29) is 16.6 Å². The predicted molar refractivity (Wildman–Crippen MR) is 109 cm³/mol. The summed E-state index contributed by atoms with van der Waals surface area (Å²) in [5, 5.41) is 0.326. The second kappa shape index (κ2) is 8.50. The molecule has 27 heavy (non-hydrogen) atoms. The maximum atomic E-state index is 12.9. The van der Waals surface area contributed by atoms with E-state index in [1.807, 2.05) is 26.0 Å². The molecule has 0 bridgehead atoms. The number of rotatable bonds is 7. The average molecular weight is 412 g/mol. The van der Waals surface area contributed by atoms with Crippen molar-refractivity contribution in [3.63, 3.8) is 0 Å². The smallest absolute Gasteiger partial charge is 0.244 e. The molecule has 148 valence electrons. The molecule has 0 spiro atoms. The van der Waals surface area contributed by atoms with E-state index in [1.54, 1.807) is 13.2 Å². The molecule has 0 radical (unpaired) electrons. The Morgan fingerprint density at radius 3 is 2.15 bits per heavy atom. The van der Waals surface area contributed by atoms with Crippen LogP contribution in [0.3, 0.4) is 0 Å². The summed E-state index contributed by atoms with van der Waals surface area (Å²) in [4.78, 5) is 0.0135. The summed E-state index contributed by atoms with van der Waals surface area (Å²) in [6.45, 7) is 7.89. The van der Waals surface area contributed by atoms with Crippen LogP contribution in [0.2, 0.25) is 5.02 Å². The lowest BCUT2D eigenvalue weighted by Crippen LogP contribution is -2.28. The predicted octanol–water partition coefficient (Wildman–Crippen LogP) is 4.83. The van der Waals surface area contributed by atoms with Gasteiger partial charge in [0.05, 0.1) is 14.2 Å². The molecule has 0 amide bonds.